The van der Waals surface area contributed by atoms with Gasteiger partial charge in [-0.1, -0.05) is 30.3 Å². The molecule has 0 spiro atoms. The van der Waals surface area contributed by atoms with Crippen LogP contribution in [0.3, 0.4) is 0 Å². The van der Waals surface area contributed by atoms with Gasteiger partial charge in [-0.25, -0.2) is 0 Å². The van der Waals surface area contributed by atoms with Crippen molar-refractivity contribution in [2.75, 3.05) is 7.11 Å². The van der Waals surface area contributed by atoms with Gasteiger partial charge in [-0.2, -0.15) is 0 Å². The Bertz CT molecular complexity index is 732. The number of benzene rings is 2. The number of ether oxygens (including phenoxy) is 1. The summed E-state index contributed by atoms with van der Waals surface area (Å²) >= 11 is 0. The Balaban J connectivity index is 1.87. The number of hydrogen-bond acceptors (Lipinski definition) is 3. The van der Waals surface area contributed by atoms with Crippen molar-refractivity contribution in [1.82, 2.24) is 4.98 Å². The van der Waals surface area contributed by atoms with Gasteiger partial charge in [0.05, 0.1) is 18.7 Å². The summed E-state index contributed by atoms with van der Waals surface area (Å²) in [5.41, 5.74) is 2.94. The van der Waals surface area contributed by atoms with Gasteiger partial charge in [-0.05, 0) is 35.4 Å². The highest BCUT2D eigenvalue weighted by Gasteiger charge is 2.11. The van der Waals surface area contributed by atoms with Crippen LogP contribution in [-0.4, -0.2) is 17.2 Å². The largest absolute Gasteiger partial charge is 0.497 e. The fraction of sp³-hybridized carbons (Fsp3) is 0.167. The van der Waals surface area contributed by atoms with Crippen molar-refractivity contribution in [3.63, 3.8) is 0 Å². The Kier molecular flexibility index (Phi) is 3.84. The molecule has 0 aliphatic carbocycles. The van der Waals surface area contributed by atoms with Gasteiger partial charge in [-0.15, -0.1) is 0 Å². The lowest BCUT2D eigenvalue weighted by Gasteiger charge is -2.13. The summed E-state index contributed by atoms with van der Waals surface area (Å²) in [6.07, 6.45) is 1.81. The molecule has 0 fully saturated rings. The third-order valence-corrected chi connectivity index (χ3v) is 3.65. The summed E-state index contributed by atoms with van der Waals surface area (Å²) in [5, 5.41) is 11.5. The zero-order valence-electron chi connectivity index (χ0n) is 11.9. The van der Waals surface area contributed by atoms with Crippen molar-refractivity contribution in [3.05, 3.63) is 71.9 Å². The maximum absolute atomic E-state index is 10.4. The number of aliphatic hydroxyl groups excluding tert-OH is 1. The average Bonchev–Trinajstić information content (AvgIpc) is 2.55. The summed E-state index contributed by atoms with van der Waals surface area (Å²) in [7, 11) is 1.63. The average molecular weight is 279 g/mol. The van der Waals surface area contributed by atoms with Crippen molar-refractivity contribution in [2.45, 2.75) is 12.5 Å². The molecule has 3 aromatic rings. The first-order chi connectivity index (χ1) is 10.3. The van der Waals surface area contributed by atoms with E-state index in [-0.39, 0.29) is 0 Å². The predicted octanol–water partition coefficient (Wildman–Crippen LogP) is 3.52. The van der Waals surface area contributed by atoms with E-state index in [2.05, 4.69) is 4.98 Å². The number of nitrogens with zero attached hydrogens (tertiary/aromatic N) is 1. The van der Waals surface area contributed by atoms with Gasteiger partial charge < -0.3 is 9.84 Å². The molecule has 0 bridgehead atoms. The lowest BCUT2D eigenvalue weighted by molar-refractivity contribution is 0.179. The number of fused-ring (bicyclic) bond motifs is 1. The van der Waals surface area contributed by atoms with Gasteiger partial charge in [0.25, 0.3) is 0 Å². The standard InChI is InChI=1S/C18H17NO2/c1-21-15-8-6-13(7-9-15)18(20)12-14-10-11-19-17-5-3-2-4-16(14)17/h2-11,18,20H,12H2,1H3. The van der Waals surface area contributed by atoms with Crippen LogP contribution >= 0.6 is 0 Å². The van der Waals surface area contributed by atoms with Gasteiger partial charge in [-0.3, -0.25) is 4.98 Å². The Morgan fingerprint density at radius 2 is 1.81 bits per heavy atom. The summed E-state index contributed by atoms with van der Waals surface area (Å²) in [6.45, 7) is 0. The maximum atomic E-state index is 10.4. The van der Waals surface area contributed by atoms with Crippen LogP contribution in [0.5, 0.6) is 5.75 Å². The van der Waals surface area contributed by atoms with Crippen LogP contribution in [0.15, 0.2) is 60.8 Å². The molecule has 1 aromatic heterocycles. The zero-order chi connectivity index (χ0) is 14.7. The van der Waals surface area contributed by atoms with E-state index in [1.165, 1.54) is 0 Å². The van der Waals surface area contributed by atoms with Crippen LogP contribution < -0.4 is 4.74 Å². The highest BCUT2D eigenvalue weighted by atomic mass is 16.5. The van der Waals surface area contributed by atoms with Crippen molar-refractivity contribution < 1.29 is 9.84 Å². The lowest BCUT2D eigenvalue weighted by atomic mass is 9.99. The van der Waals surface area contributed by atoms with Gasteiger partial charge in [0, 0.05) is 18.0 Å². The number of rotatable bonds is 4. The molecule has 3 heteroatoms. The second kappa shape index (κ2) is 5.94. The second-order valence-corrected chi connectivity index (χ2v) is 4.98. The Labute approximate surface area is 123 Å². The minimum absolute atomic E-state index is 0.540. The fourth-order valence-electron chi connectivity index (χ4n) is 2.49. The molecule has 3 nitrogen and oxygen atoms in total. The Morgan fingerprint density at radius 3 is 2.57 bits per heavy atom. The fourth-order valence-corrected chi connectivity index (χ4v) is 2.49. The lowest BCUT2D eigenvalue weighted by Crippen LogP contribution is -2.02. The van der Waals surface area contributed by atoms with Crippen LogP contribution in [0.4, 0.5) is 0 Å². The second-order valence-electron chi connectivity index (χ2n) is 4.98. The van der Waals surface area contributed by atoms with E-state index in [1.807, 2.05) is 54.6 Å². The van der Waals surface area contributed by atoms with Crippen molar-refractivity contribution in [3.8, 4) is 5.75 Å². The first-order valence-corrected chi connectivity index (χ1v) is 6.92. The first-order valence-electron chi connectivity index (χ1n) is 6.92. The van der Waals surface area contributed by atoms with Crippen LogP contribution in [0.1, 0.15) is 17.2 Å². The minimum Gasteiger partial charge on any atom is -0.497 e. The van der Waals surface area contributed by atoms with Crippen LogP contribution in [0.25, 0.3) is 10.9 Å². The van der Waals surface area contributed by atoms with Crippen LogP contribution in [-0.2, 0) is 6.42 Å². The number of hydrogen-bond donors (Lipinski definition) is 1. The summed E-state index contributed by atoms with van der Waals surface area (Å²) < 4.78 is 5.13. The van der Waals surface area contributed by atoms with Crippen LogP contribution in [0, 0.1) is 0 Å². The van der Waals surface area contributed by atoms with Gasteiger partial charge >= 0.3 is 0 Å². The molecule has 0 radical (unpaired) electrons. The molecule has 106 valence electrons. The number of aliphatic hydroxyl groups is 1. The molecule has 0 amide bonds. The van der Waals surface area contributed by atoms with Crippen molar-refractivity contribution in [2.24, 2.45) is 0 Å². The number of aromatic nitrogens is 1. The van der Waals surface area contributed by atoms with Gasteiger partial charge in [0.2, 0.25) is 0 Å². The quantitative estimate of drug-likeness (QED) is 0.794. The topological polar surface area (TPSA) is 42.4 Å². The number of para-hydroxylation sites is 1. The Morgan fingerprint density at radius 1 is 1.05 bits per heavy atom. The first kappa shape index (κ1) is 13.6. The molecule has 0 aliphatic heterocycles. The van der Waals surface area contributed by atoms with Gasteiger partial charge in [0.1, 0.15) is 5.75 Å². The van der Waals surface area contributed by atoms with Crippen molar-refractivity contribution >= 4 is 10.9 Å². The van der Waals surface area contributed by atoms with E-state index >= 15 is 0 Å². The molecule has 1 atom stereocenters. The highest BCUT2D eigenvalue weighted by molar-refractivity contribution is 5.81. The normalized spacial score (nSPS) is 12.3. The van der Waals surface area contributed by atoms with E-state index in [4.69, 9.17) is 4.74 Å². The van der Waals surface area contributed by atoms with E-state index in [1.54, 1.807) is 13.3 Å². The molecule has 0 aliphatic rings. The van der Waals surface area contributed by atoms with Gasteiger partial charge in [0.15, 0.2) is 0 Å². The number of pyridine rings is 1. The molecular formula is C18H17NO2. The predicted molar refractivity (Wildman–Crippen MR) is 83.4 cm³/mol. The molecule has 21 heavy (non-hydrogen) atoms. The molecular weight excluding hydrogens is 262 g/mol. The van der Waals surface area contributed by atoms with E-state index in [9.17, 15) is 5.11 Å². The zero-order valence-corrected chi connectivity index (χ0v) is 11.9. The molecule has 1 unspecified atom stereocenters. The minimum atomic E-state index is -0.540. The molecule has 1 heterocycles. The molecule has 2 aromatic carbocycles. The smallest absolute Gasteiger partial charge is 0.118 e. The summed E-state index contributed by atoms with van der Waals surface area (Å²) in [4.78, 5) is 4.35. The maximum Gasteiger partial charge on any atom is 0.118 e. The number of methoxy groups -OCH3 is 1. The van der Waals surface area contributed by atoms with Crippen LogP contribution in [0.2, 0.25) is 0 Å². The Hall–Kier alpha value is -2.39. The van der Waals surface area contributed by atoms with E-state index in [0.717, 1.165) is 27.8 Å². The van der Waals surface area contributed by atoms with E-state index < -0.39 is 6.10 Å². The SMILES string of the molecule is COc1ccc(C(O)Cc2ccnc3ccccc23)cc1. The highest BCUT2D eigenvalue weighted by Crippen LogP contribution is 2.24. The third kappa shape index (κ3) is 2.88. The third-order valence-electron chi connectivity index (χ3n) is 3.65. The van der Waals surface area contributed by atoms with Crippen molar-refractivity contribution in [1.29, 1.82) is 0 Å². The summed E-state index contributed by atoms with van der Waals surface area (Å²) in [5.74, 6) is 0.792. The van der Waals surface area contributed by atoms with E-state index in [0.29, 0.717) is 6.42 Å². The monoisotopic (exact) mass is 279 g/mol. The summed E-state index contributed by atoms with van der Waals surface area (Å²) in [6, 6.07) is 17.5. The molecule has 1 N–H and O–H groups in total. The molecule has 3 rings (SSSR count). The molecule has 0 saturated carbocycles. The molecule has 0 saturated heterocycles.